The summed E-state index contributed by atoms with van der Waals surface area (Å²) in [6.45, 7) is 4.60. The molecule has 1 aromatic rings. The zero-order chi connectivity index (χ0) is 16.9. The number of halogens is 1. The van der Waals surface area contributed by atoms with Crippen LogP contribution >= 0.6 is 11.6 Å². The van der Waals surface area contributed by atoms with Crippen LogP contribution in [0, 0.1) is 0 Å². The molecule has 0 heterocycles. The first kappa shape index (κ1) is 17.8. The van der Waals surface area contributed by atoms with Gasteiger partial charge < -0.3 is 15.2 Å². The van der Waals surface area contributed by atoms with Crippen LogP contribution in [0.1, 0.15) is 31.1 Å². The second-order valence-electron chi connectivity index (χ2n) is 5.49. The van der Waals surface area contributed by atoms with Gasteiger partial charge in [-0.25, -0.2) is 9.59 Å². The Labute approximate surface area is 132 Å². The maximum Gasteiger partial charge on any atom is 0.342 e. The fourth-order valence-corrected chi connectivity index (χ4v) is 1.59. The summed E-state index contributed by atoms with van der Waals surface area (Å²) in [5, 5.41) is 14.3. The van der Waals surface area contributed by atoms with Crippen molar-refractivity contribution in [2.24, 2.45) is 0 Å². The summed E-state index contributed by atoms with van der Waals surface area (Å²) in [5.74, 6) is -2.05. The molecule has 0 atom stereocenters. The Balaban J connectivity index is 2.50. The van der Waals surface area contributed by atoms with E-state index in [4.69, 9.17) is 16.3 Å². The highest BCUT2D eigenvalue weighted by molar-refractivity contribution is 6.30. The van der Waals surface area contributed by atoms with Crippen LogP contribution in [0.2, 0.25) is 5.02 Å². The van der Waals surface area contributed by atoms with E-state index in [-0.39, 0.29) is 16.3 Å². The highest BCUT2D eigenvalue weighted by atomic mass is 35.5. The van der Waals surface area contributed by atoms with Crippen molar-refractivity contribution in [1.82, 2.24) is 10.6 Å². The maximum atomic E-state index is 11.7. The smallest absolute Gasteiger partial charge is 0.342 e. The minimum Gasteiger partial charge on any atom is -0.507 e. The van der Waals surface area contributed by atoms with E-state index >= 15 is 0 Å². The number of imide groups is 1. The minimum absolute atomic E-state index is 0.128. The second kappa shape index (κ2) is 7.13. The molecule has 3 amide bonds. The molecule has 0 fully saturated rings. The molecule has 0 aromatic heterocycles. The molecule has 0 bridgehead atoms. The zero-order valence-electron chi connectivity index (χ0n) is 12.4. The topological polar surface area (TPSA) is 105 Å². The molecule has 0 saturated heterocycles. The van der Waals surface area contributed by atoms with Crippen LogP contribution in [0.25, 0.3) is 0 Å². The molecule has 7 nitrogen and oxygen atoms in total. The molecular weight excluding hydrogens is 312 g/mol. The van der Waals surface area contributed by atoms with E-state index in [0.717, 1.165) is 0 Å². The number of hydrogen-bond acceptors (Lipinski definition) is 5. The van der Waals surface area contributed by atoms with Crippen molar-refractivity contribution in [1.29, 1.82) is 0 Å². The number of phenols is 1. The SMILES string of the molecule is CC(C)(C)NC(=O)NC(=O)COC(=O)c1ccc(Cl)cc1O. The summed E-state index contributed by atoms with van der Waals surface area (Å²) in [6.07, 6.45) is 0. The van der Waals surface area contributed by atoms with E-state index in [1.807, 2.05) is 5.32 Å². The number of amides is 3. The van der Waals surface area contributed by atoms with E-state index in [1.165, 1.54) is 18.2 Å². The molecular formula is C14H17ClN2O5. The van der Waals surface area contributed by atoms with Crippen LogP contribution in [0.5, 0.6) is 5.75 Å². The number of carbonyl (C=O) groups excluding carboxylic acids is 3. The van der Waals surface area contributed by atoms with Gasteiger partial charge in [0.15, 0.2) is 6.61 Å². The third-order valence-electron chi connectivity index (χ3n) is 2.26. The first-order valence-electron chi connectivity index (χ1n) is 6.36. The lowest BCUT2D eigenvalue weighted by molar-refractivity contribution is -0.123. The number of aromatic hydroxyl groups is 1. The van der Waals surface area contributed by atoms with Gasteiger partial charge in [0.05, 0.1) is 0 Å². The van der Waals surface area contributed by atoms with Gasteiger partial charge in [-0.1, -0.05) is 11.6 Å². The fourth-order valence-electron chi connectivity index (χ4n) is 1.42. The zero-order valence-corrected chi connectivity index (χ0v) is 13.2. The van der Waals surface area contributed by atoms with Gasteiger partial charge in [-0.2, -0.15) is 0 Å². The van der Waals surface area contributed by atoms with Crippen molar-refractivity contribution in [3.8, 4) is 5.75 Å². The van der Waals surface area contributed by atoms with Crippen LogP contribution in [0.4, 0.5) is 4.79 Å². The Morgan fingerprint density at radius 2 is 1.91 bits per heavy atom. The number of rotatable bonds is 3. The Morgan fingerprint density at radius 1 is 1.27 bits per heavy atom. The molecule has 1 rings (SSSR count). The van der Waals surface area contributed by atoms with Gasteiger partial charge in [0.1, 0.15) is 11.3 Å². The summed E-state index contributed by atoms with van der Waals surface area (Å²) in [6, 6.07) is 3.15. The standard InChI is InChI=1S/C14H17ClN2O5/c1-14(2,3)17-13(21)16-11(19)7-22-12(20)9-5-4-8(15)6-10(9)18/h4-6,18H,7H2,1-3H3,(H2,16,17,19,21). The second-order valence-corrected chi connectivity index (χ2v) is 5.93. The molecule has 0 unspecified atom stereocenters. The van der Waals surface area contributed by atoms with Gasteiger partial charge >= 0.3 is 12.0 Å². The Kier molecular flexibility index (Phi) is 5.76. The normalized spacial score (nSPS) is 10.7. The van der Waals surface area contributed by atoms with Crippen molar-refractivity contribution in [2.45, 2.75) is 26.3 Å². The summed E-state index contributed by atoms with van der Waals surface area (Å²) in [7, 11) is 0. The first-order chi connectivity index (χ1) is 10.1. The molecule has 0 aliphatic heterocycles. The lowest BCUT2D eigenvalue weighted by Crippen LogP contribution is -2.49. The Morgan fingerprint density at radius 3 is 2.45 bits per heavy atom. The maximum absolute atomic E-state index is 11.7. The number of hydrogen-bond donors (Lipinski definition) is 3. The summed E-state index contributed by atoms with van der Waals surface area (Å²) < 4.78 is 4.71. The summed E-state index contributed by atoms with van der Waals surface area (Å²) in [4.78, 5) is 34.6. The van der Waals surface area contributed by atoms with Crippen molar-refractivity contribution < 1.29 is 24.2 Å². The summed E-state index contributed by atoms with van der Waals surface area (Å²) in [5.41, 5.74) is -0.632. The van der Waals surface area contributed by atoms with E-state index in [9.17, 15) is 19.5 Å². The fraction of sp³-hybridized carbons (Fsp3) is 0.357. The number of esters is 1. The van der Waals surface area contributed by atoms with Crippen LogP contribution in [0.15, 0.2) is 18.2 Å². The number of phenolic OH excluding ortho intramolecular Hbond substituents is 1. The third-order valence-corrected chi connectivity index (χ3v) is 2.49. The van der Waals surface area contributed by atoms with E-state index in [2.05, 4.69) is 5.32 Å². The third kappa shape index (κ3) is 6.01. The largest absolute Gasteiger partial charge is 0.507 e. The van der Waals surface area contributed by atoms with Crippen molar-refractivity contribution >= 4 is 29.5 Å². The van der Waals surface area contributed by atoms with Crippen LogP contribution in [-0.2, 0) is 9.53 Å². The average Bonchev–Trinajstić information content (AvgIpc) is 2.33. The van der Waals surface area contributed by atoms with Gasteiger partial charge in [-0.3, -0.25) is 10.1 Å². The van der Waals surface area contributed by atoms with Gasteiger partial charge in [0.2, 0.25) is 0 Å². The molecule has 0 spiro atoms. The molecule has 8 heteroatoms. The van der Waals surface area contributed by atoms with Crippen LogP contribution < -0.4 is 10.6 Å². The molecule has 0 saturated carbocycles. The molecule has 120 valence electrons. The van der Waals surface area contributed by atoms with E-state index in [1.54, 1.807) is 20.8 Å². The number of urea groups is 1. The lowest BCUT2D eigenvalue weighted by atomic mass is 10.1. The number of benzene rings is 1. The Hall–Kier alpha value is -2.28. The molecule has 22 heavy (non-hydrogen) atoms. The van der Waals surface area contributed by atoms with Crippen LogP contribution in [0.3, 0.4) is 0 Å². The quantitative estimate of drug-likeness (QED) is 0.734. The van der Waals surface area contributed by atoms with Gasteiger partial charge in [0.25, 0.3) is 5.91 Å². The highest BCUT2D eigenvalue weighted by Crippen LogP contribution is 2.22. The molecule has 1 aromatic carbocycles. The monoisotopic (exact) mass is 328 g/mol. The lowest BCUT2D eigenvalue weighted by Gasteiger charge is -2.20. The van der Waals surface area contributed by atoms with Gasteiger partial charge in [-0.15, -0.1) is 0 Å². The predicted molar refractivity (Wildman–Crippen MR) is 79.8 cm³/mol. The minimum atomic E-state index is -0.902. The highest BCUT2D eigenvalue weighted by Gasteiger charge is 2.18. The Bertz CT molecular complexity index is 595. The van der Waals surface area contributed by atoms with Crippen molar-refractivity contribution in [3.63, 3.8) is 0 Å². The average molecular weight is 329 g/mol. The summed E-state index contributed by atoms with van der Waals surface area (Å²) >= 11 is 5.64. The number of ether oxygens (including phenoxy) is 1. The molecule has 0 radical (unpaired) electrons. The van der Waals surface area contributed by atoms with Gasteiger partial charge in [0, 0.05) is 10.6 Å². The van der Waals surface area contributed by atoms with Crippen molar-refractivity contribution in [2.75, 3.05) is 6.61 Å². The predicted octanol–water partition coefficient (Wildman–Crippen LogP) is 1.83. The molecule has 0 aliphatic rings. The number of nitrogens with one attached hydrogen (secondary N) is 2. The van der Waals surface area contributed by atoms with E-state index in [0.29, 0.717) is 0 Å². The van der Waals surface area contributed by atoms with Gasteiger partial charge in [-0.05, 0) is 39.0 Å². The first-order valence-corrected chi connectivity index (χ1v) is 6.74. The molecule has 0 aliphatic carbocycles. The van der Waals surface area contributed by atoms with Crippen molar-refractivity contribution in [3.05, 3.63) is 28.8 Å². The number of carbonyl (C=O) groups is 3. The van der Waals surface area contributed by atoms with E-state index < -0.39 is 30.1 Å². The molecule has 3 N–H and O–H groups in total. The van der Waals surface area contributed by atoms with Crippen LogP contribution in [-0.4, -0.2) is 35.2 Å².